The lowest BCUT2D eigenvalue weighted by atomic mass is 9.97. The van der Waals surface area contributed by atoms with Crippen molar-refractivity contribution in [2.75, 3.05) is 40.3 Å². The summed E-state index contributed by atoms with van der Waals surface area (Å²) in [4.78, 5) is 17.1. The summed E-state index contributed by atoms with van der Waals surface area (Å²) in [5.74, 6) is 1.45. The molecule has 1 heterocycles. The molecule has 1 amide bonds. The van der Waals surface area contributed by atoms with Crippen molar-refractivity contribution in [1.29, 1.82) is 0 Å². The number of amides is 1. The van der Waals surface area contributed by atoms with Gasteiger partial charge in [0, 0.05) is 28.0 Å². The number of oxazole rings is 1. The van der Waals surface area contributed by atoms with Gasteiger partial charge in [0.25, 0.3) is 5.91 Å². The number of allylic oxidation sites excluding steroid dienone is 2. The van der Waals surface area contributed by atoms with Crippen LogP contribution < -0.4 is 27.0 Å². The quantitative estimate of drug-likeness (QED) is 0.0892. The summed E-state index contributed by atoms with van der Waals surface area (Å²) in [6.45, 7) is 12.6. The molecular formula is C36H42Br2ClN3O3. The van der Waals surface area contributed by atoms with Crippen LogP contribution in [0, 0.1) is 0 Å². The molecule has 0 atom stereocenters. The maximum absolute atomic E-state index is 12.3. The molecule has 0 unspecified atom stereocenters. The monoisotopic (exact) mass is 757 g/mol. The number of ether oxygens (including phenoxy) is 1. The van der Waals surface area contributed by atoms with Crippen molar-refractivity contribution < 1.29 is 35.4 Å². The molecule has 0 aliphatic carbocycles. The van der Waals surface area contributed by atoms with Crippen molar-refractivity contribution in [1.82, 2.24) is 10.3 Å². The number of unbranched alkanes of at least 4 members (excludes halogenated alkanes) is 1. The van der Waals surface area contributed by atoms with E-state index in [2.05, 4.69) is 73.6 Å². The lowest BCUT2D eigenvalue weighted by Gasteiger charge is -2.29. The van der Waals surface area contributed by atoms with Crippen molar-refractivity contribution in [2.45, 2.75) is 39.0 Å². The fraction of sp³-hybridized carbons (Fsp3) is 0.333. The molecule has 0 saturated carbocycles. The largest absolute Gasteiger partial charge is 1.00 e. The van der Waals surface area contributed by atoms with Crippen LogP contribution in [0.25, 0.3) is 33.7 Å². The van der Waals surface area contributed by atoms with Gasteiger partial charge in [-0.25, -0.2) is 4.98 Å². The van der Waals surface area contributed by atoms with Crippen molar-refractivity contribution in [3.63, 3.8) is 0 Å². The normalized spacial score (nSPS) is 11.2. The van der Waals surface area contributed by atoms with Gasteiger partial charge in [0.2, 0.25) is 5.89 Å². The van der Waals surface area contributed by atoms with E-state index in [4.69, 9.17) is 25.7 Å². The predicted molar refractivity (Wildman–Crippen MR) is 185 cm³/mol. The van der Waals surface area contributed by atoms with Crippen LogP contribution in [-0.2, 0) is 17.6 Å². The molecule has 9 heteroatoms. The number of hydrogen-bond donors (Lipinski definition) is 1. The summed E-state index contributed by atoms with van der Waals surface area (Å²) < 4.78 is 14.1. The van der Waals surface area contributed by atoms with Crippen LogP contribution in [0.2, 0.25) is 5.02 Å². The highest BCUT2D eigenvalue weighted by Gasteiger charge is 2.20. The van der Waals surface area contributed by atoms with Crippen molar-refractivity contribution in [3.8, 4) is 28.3 Å². The number of fused-ring (bicyclic) bond motifs is 1. The molecule has 45 heavy (non-hydrogen) atoms. The molecule has 240 valence electrons. The van der Waals surface area contributed by atoms with Crippen molar-refractivity contribution in [2.24, 2.45) is 0 Å². The minimum absolute atomic E-state index is 0. The number of carbonyl (C=O) groups excluding carboxylic acids is 1. The molecule has 0 radical (unpaired) electrons. The molecule has 4 aromatic rings. The highest BCUT2D eigenvalue weighted by atomic mass is 79.9. The zero-order valence-corrected chi connectivity index (χ0v) is 30.2. The lowest BCUT2D eigenvalue weighted by Crippen LogP contribution is -3.00. The molecule has 3 aromatic carbocycles. The number of rotatable bonds is 16. The Bertz CT molecular complexity index is 1630. The number of quaternary nitrogens is 1. The van der Waals surface area contributed by atoms with E-state index in [0.717, 1.165) is 75.9 Å². The SMILES string of the molecule is C=CCc1cc(-c2ccc(OCCC[N+](C)(C)CC(=O)NCCCC)c(CC=C)c2)c2oc(-c3ccc(Cl)cc3Br)nc2c1.[Br-]. The molecule has 1 N–H and O–H groups in total. The highest BCUT2D eigenvalue weighted by Crippen LogP contribution is 2.38. The van der Waals surface area contributed by atoms with E-state index in [1.807, 2.05) is 42.5 Å². The Morgan fingerprint density at radius 3 is 2.56 bits per heavy atom. The lowest BCUT2D eigenvalue weighted by molar-refractivity contribution is -0.882. The maximum Gasteiger partial charge on any atom is 0.275 e. The van der Waals surface area contributed by atoms with Gasteiger partial charge in [0.1, 0.15) is 11.3 Å². The molecular weight excluding hydrogens is 718 g/mol. The Balaban J connectivity index is 0.00000552. The summed E-state index contributed by atoms with van der Waals surface area (Å²) in [7, 11) is 4.16. The van der Waals surface area contributed by atoms with E-state index in [-0.39, 0.29) is 22.9 Å². The summed E-state index contributed by atoms with van der Waals surface area (Å²) in [5, 5.41) is 3.65. The second kappa shape index (κ2) is 17.1. The number of hydrogen-bond acceptors (Lipinski definition) is 4. The third-order valence-corrected chi connectivity index (χ3v) is 8.31. The minimum Gasteiger partial charge on any atom is -1.00 e. The topological polar surface area (TPSA) is 64.4 Å². The van der Waals surface area contributed by atoms with Gasteiger partial charge in [-0.15, -0.1) is 13.2 Å². The maximum atomic E-state index is 12.3. The van der Waals surface area contributed by atoms with Crippen LogP contribution in [0.3, 0.4) is 0 Å². The first kappa shape index (κ1) is 36.6. The first-order chi connectivity index (χ1) is 21.1. The van der Waals surface area contributed by atoms with Crippen LogP contribution in [-0.4, -0.2) is 55.7 Å². The average molecular weight is 760 g/mol. The molecule has 1 aromatic heterocycles. The molecule has 0 aliphatic heterocycles. The standard InChI is InChI=1S/C36H41BrClN3O3.BrH/c1-6-9-17-39-34(42)24-41(4,5)18-10-19-43-33-16-13-26(22-27(33)12-8-3)30-20-25(11-7-2)21-32-35(30)44-36(40-32)29-15-14-28(38)23-31(29)37;/h7-8,13-16,20-23H,2-3,6,9-12,17-19,24H2,1,4-5H3;1H. The molecule has 6 nitrogen and oxygen atoms in total. The number of aromatic nitrogens is 1. The number of nitrogens with one attached hydrogen (secondary N) is 1. The Kier molecular flexibility index (Phi) is 13.9. The van der Waals surface area contributed by atoms with Crippen LogP contribution >= 0.6 is 27.5 Å². The van der Waals surface area contributed by atoms with E-state index < -0.39 is 0 Å². The first-order valence-corrected chi connectivity index (χ1v) is 16.3. The van der Waals surface area contributed by atoms with Crippen LogP contribution in [0.15, 0.2) is 82.7 Å². The Labute approximate surface area is 291 Å². The van der Waals surface area contributed by atoms with E-state index in [1.165, 1.54) is 0 Å². The van der Waals surface area contributed by atoms with E-state index >= 15 is 0 Å². The van der Waals surface area contributed by atoms with Crippen LogP contribution in [0.5, 0.6) is 5.75 Å². The molecule has 0 bridgehead atoms. The Morgan fingerprint density at radius 1 is 1.07 bits per heavy atom. The Hall–Kier alpha value is -2.91. The number of halogens is 3. The van der Waals surface area contributed by atoms with Crippen LogP contribution in [0.4, 0.5) is 0 Å². The van der Waals surface area contributed by atoms with Gasteiger partial charge in [-0.1, -0.05) is 43.2 Å². The van der Waals surface area contributed by atoms with Gasteiger partial charge >= 0.3 is 0 Å². The fourth-order valence-electron chi connectivity index (χ4n) is 5.17. The number of nitrogens with zero attached hydrogens (tertiary/aromatic N) is 2. The zero-order valence-electron chi connectivity index (χ0n) is 26.3. The second-order valence-electron chi connectivity index (χ2n) is 11.7. The molecule has 0 fully saturated rings. The van der Waals surface area contributed by atoms with Gasteiger partial charge in [0.05, 0.1) is 32.8 Å². The third kappa shape index (κ3) is 10.0. The smallest absolute Gasteiger partial charge is 0.275 e. The first-order valence-electron chi connectivity index (χ1n) is 15.1. The zero-order chi connectivity index (χ0) is 31.7. The summed E-state index contributed by atoms with van der Waals surface area (Å²) in [5.41, 5.74) is 6.43. The summed E-state index contributed by atoms with van der Waals surface area (Å²) in [6.07, 6.45) is 8.06. The number of carbonyl (C=O) groups is 1. The fourth-order valence-corrected chi connectivity index (χ4v) is 6.03. The average Bonchev–Trinajstić information content (AvgIpc) is 3.39. The summed E-state index contributed by atoms with van der Waals surface area (Å²) >= 11 is 9.77. The molecule has 0 aliphatic rings. The molecule has 0 spiro atoms. The van der Waals surface area contributed by atoms with Gasteiger partial charge in [-0.3, -0.25) is 4.79 Å². The summed E-state index contributed by atoms with van der Waals surface area (Å²) in [6, 6.07) is 16.0. The highest BCUT2D eigenvalue weighted by molar-refractivity contribution is 9.10. The number of benzene rings is 3. The molecule has 0 saturated heterocycles. The Morgan fingerprint density at radius 2 is 1.84 bits per heavy atom. The van der Waals surface area contributed by atoms with Gasteiger partial charge < -0.3 is 35.9 Å². The molecule has 4 rings (SSSR count). The predicted octanol–water partition coefficient (Wildman–Crippen LogP) is 5.80. The van der Waals surface area contributed by atoms with E-state index in [9.17, 15) is 4.79 Å². The third-order valence-electron chi connectivity index (χ3n) is 7.42. The van der Waals surface area contributed by atoms with Crippen molar-refractivity contribution in [3.05, 3.63) is 94.5 Å². The van der Waals surface area contributed by atoms with E-state index in [0.29, 0.717) is 47.0 Å². The van der Waals surface area contributed by atoms with E-state index in [1.54, 1.807) is 0 Å². The second-order valence-corrected chi connectivity index (χ2v) is 13.0. The number of likely N-dealkylation sites (N-methyl/N-ethyl adjacent to an activating group) is 1. The van der Waals surface area contributed by atoms with Gasteiger partial charge in [-0.05, 0) is 94.3 Å². The minimum atomic E-state index is 0. The van der Waals surface area contributed by atoms with Gasteiger partial charge in [0.15, 0.2) is 12.1 Å². The van der Waals surface area contributed by atoms with Crippen LogP contribution in [0.1, 0.15) is 37.3 Å². The van der Waals surface area contributed by atoms with Gasteiger partial charge in [-0.2, -0.15) is 0 Å². The van der Waals surface area contributed by atoms with Crippen molar-refractivity contribution >= 4 is 44.5 Å².